The van der Waals surface area contributed by atoms with Gasteiger partial charge in [0.25, 0.3) is 0 Å². The number of nitrogens with two attached hydrogens (primary N) is 2. The third kappa shape index (κ3) is 4.29. The van der Waals surface area contributed by atoms with E-state index in [-0.39, 0.29) is 6.04 Å². The first-order valence-electron chi connectivity index (χ1n) is 3.28. The van der Waals surface area contributed by atoms with Crippen LogP contribution in [0.5, 0.6) is 0 Å². The molecule has 0 aliphatic heterocycles. The number of carboxylic acid groups (broad SMARTS) is 1. The molecule has 5 N–H and O–H groups in total. The van der Waals surface area contributed by atoms with E-state index in [2.05, 4.69) is 0 Å². The van der Waals surface area contributed by atoms with E-state index < -0.39 is 12.0 Å². The maximum absolute atomic E-state index is 10.1. The van der Waals surface area contributed by atoms with Gasteiger partial charge in [0.2, 0.25) is 0 Å². The molecule has 0 amide bonds. The molecular weight excluding hydrogens is 132 g/mol. The van der Waals surface area contributed by atoms with E-state index in [4.69, 9.17) is 16.6 Å². The van der Waals surface area contributed by atoms with Crippen molar-refractivity contribution in [1.29, 1.82) is 0 Å². The van der Waals surface area contributed by atoms with Gasteiger partial charge in [0.15, 0.2) is 0 Å². The Balaban J connectivity index is 3.40. The molecule has 0 aliphatic carbocycles. The molecule has 0 saturated heterocycles. The van der Waals surface area contributed by atoms with E-state index in [1.54, 1.807) is 0 Å². The van der Waals surface area contributed by atoms with Crippen molar-refractivity contribution in [3.8, 4) is 0 Å². The molecule has 0 bridgehead atoms. The van der Waals surface area contributed by atoms with Crippen LogP contribution in [0.15, 0.2) is 0 Å². The molecule has 2 atom stereocenters. The Kier molecular flexibility index (Phi) is 3.99. The maximum Gasteiger partial charge on any atom is 0.320 e. The number of hydrogen-bond acceptors (Lipinski definition) is 3. The van der Waals surface area contributed by atoms with Crippen LogP contribution in [0.3, 0.4) is 0 Å². The minimum Gasteiger partial charge on any atom is -0.480 e. The molecule has 0 aromatic heterocycles. The third-order valence-corrected chi connectivity index (χ3v) is 1.25. The molecule has 0 aromatic rings. The minimum absolute atomic E-state index is 0.0328. The quantitative estimate of drug-likeness (QED) is 0.500. The van der Waals surface area contributed by atoms with Crippen molar-refractivity contribution in [3.63, 3.8) is 0 Å². The zero-order chi connectivity index (χ0) is 8.15. The second-order valence-corrected chi connectivity index (χ2v) is 2.50. The van der Waals surface area contributed by atoms with Crippen molar-refractivity contribution in [2.75, 3.05) is 0 Å². The SMILES string of the molecule is CC(N)CC[C@@H](N)C(=O)O. The van der Waals surface area contributed by atoms with Crippen LogP contribution in [0, 0.1) is 0 Å². The molecule has 0 spiro atoms. The smallest absolute Gasteiger partial charge is 0.320 e. The van der Waals surface area contributed by atoms with Gasteiger partial charge in [-0.3, -0.25) is 4.79 Å². The van der Waals surface area contributed by atoms with Crippen LogP contribution in [0.1, 0.15) is 19.8 Å². The fourth-order valence-corrected chi connectivity index (χ4v) is 0.566. The molecule has 4 nitrogen and oxygen atoms in total. The fraction of sp³-hybridized carbons (Fsp3) is 0.833. The molecule has 0 aliphatic rings. The Bertz CT molecular complexity index is 114. The molecular formula is C6H14N2O2. The van der Waals surface area contributed by atoms with Gasteiger partial charge in [0.05, 0.1) is 0 Å². The molecule has 0 aromatic carbocycles. The van der Waals surface area contributed by atoms with Gasteiger partial charge in [-0.1, -0.05) is 0 Å². The molecule has 10 heavy (non-hydrogen) atoms. The fourth-order valence-electron chi connectivity index (χ4n) is 0.566. The molecule has 4 heteroatoms. The molecule has 0 saturated carbocycles. The second kappa shape index (κ2) is 4.24. The predicted molar refractivity (Wildman–Crippen MR) is 38.5 cm³/mol. The summed E-state index contributed by atoms with van der Waals surface area (Å²) in [4.78, 5) is 10.1. The molecule has 0 heterocycles. The topological polar surface area (TPSA) is 89.3 Å². The summed E-state index contributed by atoms with van der Waals surface area (Å²) in [5, 5.41) is 8.33. The van der Waals surface area contributed by atoms with Crippen molar-refractivity contribution < 1.29 is 9.90 Å². The van der Waals surface area contributed by atoms with Crippen molar-refractivity contribution in [3.05, 3.63) is 0 Å². The number of carbonyl (C=O) groups is 1. The predicted octanol–water partition coefficient (Wildman–Crippen LogP) is -0.474. The maximum atomic E-state index is 10.1. The van der Waals surface area contributed by atoms with Gasteiger partial charge in [-0.25, -0.2) is 0 Å². The molecule has 1 unspecified atom stereocenters. The average molecular weight is 146 g/mol. The van der Waals surface area contributed by atoms with Gasteiger partial charge >= 0.3 is 5.97 Å². The van der Waals surface area contributed by atoms with E-state index in [1.807, 2.05) is 6.92 Å². The first-order valence-corrected chi connectivity index (χ1v) is 3.28. The van der Waals surface area contributed by atoms with Crippen LogP contribution in [-0.2, 0) is 4.79 Å². The van der Waals surface area contributed by atoms with Gasteiger partial charge in [-0.05, 0) is 19.8 Å². The largest absolute Gasteiger partial charge is 0.480 e. The van der Waals surface area contributed by atoms with Crippen molar-refractivity contribution in [2.24, 2.45) is 11.5 Å². The Morgan fingerprint density at radius 3 is 2.30 bits per heavy atom. The minimum atomic E-state index is -0.958. The third-order valence-electron chi connectivity index (χ3n) is 1.25. The number of hydrogen-bond donors (Lipinski definition) is 3. The summed E-state index contributed by atoms with van der Waals surface area (Å²) in [6.07, 6.45) is 1.11. The van der Waals surface area contributed by atoms with Crippen LogP contribution in [0.4, 0.5) is 0 Å². The Hall–Kier alpha value is -0.610. The zero-order valence-electron chi connectivity index (χ0n) is 6.08. The van der Waals surface area contributed by atoms with E-state index in [9.17, 15) is 4.79 Å². The monoisotopic (exact) mass is 146 g/mol. The Labute approximate surface area is 60.2 Å². The Morgan fingerprint density at radius 1 is 1.50 bits per heavy atom. The summed E-state index contributed by atoms with van der Waals surface area (Å²) in [5.41, 5.74) is 10.6. The van der Waals surface area contributed by atoms with Crippen LogP contribution in [-0.4, -0.2) is 23.2 Å². The lowest BCUT2D eigenvalue weighted by atomic mass is 10.1. The normalized spacial score (nSPS) is 16.3. The summed E-state index contributed by atoms with van der Waals surface area (Å²) in [5.74, 6) is -0.958. The van der Waals surface area contributed by atoms with Gasteiger partial charge in [-0.15, -0.1) is 0 Å². The number of carboxylic acids is 1. The van der Waals surface area contributed by atoms with E-state index in [0.29, 0.717) is 12.8 Å². The van der Waals surface area contributed by atoms with Crippen molar-refractivity contribution in [2.45, 2.75) is 31.8 Å². The van der Waals surface area contributed by atoms with Gasteiger partial charge in [0, 0.05) is 6.04 Å². The van der Waals surface area contributed by atoms with Crippen LogP contribution >= 0.6 is 0 Å². The highest BCUT2D eigenvalue weighted by molar-refractivity contribution is 5.72. The van der Waals surface area contributed by atoms with E-state index >= 15 is 0 Å². The Morgan fingerprint density at radius 2 is 2.00 bits per heavy atom. The summed E-state index contributed by atoms with van der Waals surface area (Å²) >= 11 is 0. The number of aliphatic carboxylic acids is 1. The highest BCUT2D eigenvalue weighted by Gasteiger charge is 2.10. The highest BCUT2D eigenvalue weighted by Crippen LogP contribution is 1.96. The van der Waals surface area contributed by atoms with Gasteiger partial charge < -0.3 is 16.6 Å². The molecule has 0 fully saturated rings. The molecule has 0 radical (unpaired) electrons. The standard InChI is InChI=1S/C6H14N2O2/c1-4(7)2-3-5(8)6(9)10/h4-5H,2-3,7-8H2,1H3,(H,9,10)/t4?,5-/m1/s1. The van der Waals surface area contributed by atoms with Gasteiger partial charge in [0.1, 0.15) is 6.04 Å². The summed E-state index contributed by atoms with van der Waals surface area (Å²) in [7, 11) is 0. The van der Waals surface area contributed by atoms with Gasteiger partial charge in [-0.2, -0.15) is 0 Å². The summed E-state index contributed by atoms with van der Waals surface area (Å²) in [6.45, 7) is 1.83. The number of rotatable bonds is 4. The van der Waals surface area contributed by atoms with E-state index in [0.717, 1.165) is 0 Å². The van der Waals surface area contributed by atoms with Crippen LogP contribution in [0.2, 0.25) is 0 Å². The molecule has 0 rings (SSSR count). The highest BCUT2D eigenvalue weighted by atomic mass is 16.4. The first kappa shape index (κ1) is 9.39. The lowest BCUT2D eigenvalue weighted by Crippen LogP contribution is -2.31. The summed E-state index contributed by atoms with van der Waals surface area (Å²) < 4.78 is 0. The lowest BCUT2D eigenvalue weighted by molar-refractivity contribution is -0.138. The van der Waals surface area contributed by atoms with Crippen LogP contribution in [0.25, 0.3) is 0 Å². The zero-order valence-corrected chi connectivity index (χ0v) is 6.08. The first-order chi connectivity index (χ1) is 4.54. The van der Waals surface area contributed by atoms with Crippen LogP contribution < -0.4 is 11.5 Å². The van der Waals surface area contributed by atoms with Crippen molar-refractivity contribution >= 4 is 5.97 Å². The lowest BCUT2D eigenvalue weighted by Gasteiger charge is -2.07. The van der Waals surface area contributed by atoms with Crippen molar-refractivity contribution in [1.82, 2.24) is 0 Å². The summed E-state index contributed by atoms with van der Waals surface area (Å²) in [6, 6.07) is -0.726. The second-order valence-electron chi connectivity index (χ2n) is 2.50. The average Bonchev–Trinajstić information content (AvgIpc) is 1.82. The van der Waals surface area contributed by atoms with E-state index in [1.165, 1.54) is 0 Å². The molecule has 60 valence electrons.